The summed E-state index contributed by atoms with van der Waals surface area (Å²) >= 11 is 0. The summed E-state index contributed by atoms with van der Waals surface area (Å²) in [4.78, 5) is 12.7. The molecule has 1 aliphatic heterocycles. The normalized spacial score (nSPS) is 33.6. The van der Waals surface area contributed by atoms with E-state index in [0.29, 0.717) is 13.0 Å². The number of hydrogen-bond donors (Lipinski definition) is 2. The molecule has 1 amide bonds. The van der Waals surface area contributed by atoms with Crippen molar-refractivity contribution in [3.8, 4) is 0 Å². The number of β-amino-alcohol motifs (C(OH)–C–C–N with tert-alkyl or cyclic N) is 1. The van der Waals surface area contributed by atoms with Crippen LogP contribution >= 0.6 is 0 Å². The lowest BCUT2D eigenvalue weighted by Gasteiger charge is -2.31. The summed E-state index contributed by atoms with van der Waals surface area (Å²) in [5.41, 5.74) is 5.09. The van der Waals surface area contributed by atoms with Gasteiger partial charge in [0, 0.05) is 6.54 Å². The lowest BCUT2D eigenvalue weighted by molar-refractivity contribution is -0.127. The minimum atomic E-state index is -0.578. The quantitative estimate of drug-likeness (QED) is 0.503. The number of amides is 1. The van der Waals surface area contributed by atoms with Gasteiger partial charge in [0.2, 0.25) is 5.91 Å². The summed E-state index contributed by atoms with van der Waals surface area (Å²) in [6, 6.07) is 0. The van der Waals surface area contributed by atoms with Crippen LogP contribution in [-0.4, -0.2) is 42.2 Å². The Bertz CT molecular complexity index is 161. The highest BCUT2D eigenvalue weighted by atomic mass is 16.3. The van der Waals surface area contributed by atoms with Crippen molar-refractivity contribution in [1.29, 1.82) is 0 Å². The number of nitrogens with zero attached hydrogens (tertiary/aromatic N) is 1. The molecular formula is C7H14N2O2. The van der Waals surface area contributed by atoms with Crippen LogP contribution < -0.4 is 5.73 Å². The van der Waals surface area contributed by atoms with Crippen LogP contribution in [0.15, 0.2) is 0 Å². The molecule has 1 aliphatic rings. The molecule has 1 saturated heterocycles. The highest BCUT2D eigenvalue weighted by Gasteiger charge is 2.29. The fourth-order valence-electron chi connectivity index (χ4n) is 1.42. The van der Waals surface area contributed by atoms with Crippen molar-refractivity contribution in [3.63, 3.8) is 0 Å². The molecule has 1 heterocycles. The van der Waals surface area contributed by atoms with Crippen molar-refractivity contribution in [3.05, 3.63) is 0 Å². The highest BCUT2D eigenvalue weighted by Crippen LogP contribution is 2.15. The Balaban J connectivity index is 2.50. The zero-order chi connectivity index (χ0) is 8.43. The van der Waals surface area contributed by atoms with Crippen LogP contribution in [0, 0.1) is 5.92 Å². The van der Waals surface area contributed by atoms with E-state index in [1.54, 1.807) is 0 Å². The third-order valence-corrected chi connectivity index (χ3v) is 2.15. The maximum Gasteiger partial charge on any atom is 0.223 e. The fourth-order valence-corrected chi connectivity index (χ4v) is 1.42. The van der Waals surface area contributed by atoms with Gasteiger partial charge in [0.05, 0.1) is 12.0 Å². The van der Waals surface area contributed by atoms with E-state index in [1.165, 1.54) is 0 Å². The SMILES string of the molecule is CN1CCC(C(N)=O)[C@H](O)C1. The molecule has 4 nitrogen and oxygen atoms in total. The van der Waals surface area contributed by atoms with Crippen LogP contribution in [-0.2, 0) is 4.79 Å². The summed E-state index contributed by atoms with van der Waals surface area (Å²) in [5.74, 6) is -0.725. The van der Waals surface area contributed by atoms with Gasteiger partial charge in [0.25, 0.3) is 0 Å². The zero-order valence-electron chi connectivity index (χ0n) is 6.66. The minimum absolute atomic E-state index is 0.341. The second-order valence-corrected chi connectivity index (χ2v) is 3.13. The summed E-state index contributed by atoms with van der Waals surface area (Å²) < 4.78 is 0. The average molecular weight is 158 g/mol. The average Bonchev–Trinajstić information content (AvgIpc) is 1.85. The number of carbonyl (C=O) groups excluding carboxylic acids is 1. The number of carbonyl (C=O) groups is 1. The third kappa shape index (κ3) is 1.91. The predicted octanol–water partition coefficient (Wildman–Crippen LogP) is -1.22. The molecule has 11 heavy (non-hydrogen) atoms. The Morgan fingerprint density at radius 3 is 2.82 bits per heavy atom. The summed E-state index contributed by atoms with van der Waals surface area (Å²) in [5, 5.41) is 9.37. The Labute approximate surface area is 66.0 Å². The molecule has 0 radical (unpaired) electrons. The molecule has 0 aromatic heterocycles. The van der Waals surface area contributed by atoms with Gasteiger partial charge in [-0.1, -0.05) is 0 Å². The van der Waals surface area contributed by atoms with Crippen molar-refractivity contribution in [2.24, 2.45) is 11.7 Å². The Morgan fingerprint density at radius 2 is 2.36 bits per heavy atom. The van der Waals surface area contributed by atoms with Crippen LogP contribution in [0.25, 0.3) is 0 Å². The van der Waals surface area contributed by atoms with Crippen molar-refractivity contribution in [2.75, 3.05) is 20.1 Å². The van der Waals surface area contributed by atoms with Gasteiger partial charge in [-0.05, 0) is 20.0 Å². The number of hydrogen-bond acceptors (Lipinski definition) is 3. The van der Waals surface area contributed by atoms with E-state index in [1.807, 2.05) is 11.9 Å². The van der Waals surface area contributed by atoms with Crippen LogP contribution in [0.3, 0.4) is 0 Å². The first-order chi connectivity index (χ1) is 5.11. The standard InChI is InChI=1S/C7H14N2O2/c1-9-3-2-5(7(8)11)6(10)4-9/h5-6,10H,2-4H2,1H3,(H2,8,11)/t5?,6-/m1/s1. The number of aliphatic hydroxyl groups excluding tert-OH is 1. The molecule has 0 saturated carbocycles. The minimum Gasteiger partial charge on any atom is -0.391 e. The van der Waals surface area contributed by atoms with E-state index in [4.69, 9.17) is 5.73 Å². The summed E-state index contributed by atoms with van der Waals surface area (Å²) in [6.45, 7) is 1.39. The molecule has 1 fully saturated rings. The number of piperidine rings is 1. The molecule has 2 atom stereocenters. The second kappa shape index (κ2) is 3.19. The number of likely N-dealkylation sites (tertiary alicyclic amines) is 1. The smallest absolute Gasteiger partial charge is 0.223 e. The predicted molar refractivity (Wildman–Crippen MR) is 40.8 cm³/mol. The number of primary amides is 1. The van der Waals surface area contributed by atoms with Crippen molar-refractivity contribution >= 4 is 5.91 Å². The molecule has 1 unspecified atom stereocenters. The van der Waals surface area contributed by atoms with E-state index >= 15 is 0 Å². The molecular weight excluding hydrogens is 144 g/mol. The van der Waals surface area contributed by atoms with E-state index < -0.39 is 6.10 Å². The monoisotopic (exact) mass is 158 g/mol. The van der Waals surface area contributed by atoms with Gasteiger partial charge in [-0.3, -0.25) is 4.79 Å². The highest BCUT2D eigenvalue weighted by molar-refractivity contribution is 5.77. The fraction of sp³-hybridized carbons (Fsp3) is 0.857. The van der Waals surface area contributed by atoms with E-state index in [-0.39, 0.29) is 11.8 Å². The molecule has 4 heteroatoms. The number of aliphatic hydroxyl groups is 1. The Hall–Kier alpha value is -0.610. The van der Waals surface area contributed by atoms with Gasteiger partial charge < -0.3 is 15.7 Å². The van der Waals surface area contributed by atoms with E-state index in [2.05, 4.69) is 0 Å². The van der Waals surface area contributed by atoms with Crippen molar-refractivity contribution < 1.29 is 9.90 Å². The van der Waals surface area contributed by atoms with Crippen LogP contribution in [0.4, 0.5) is 0 Å². The van der Waals surface area contributed by atoms with Gasteiger partial charge in [-0.2, -0.15) is 0 Å². The lowest BCUT2D eigenvalue weighted by Crippen LogP contribution is -2.46. The van der Waals surface area contributed by atoms with Gasteiger partial charge >= 0.3 is 0 Å². The topological polar surface area (TPSA) is 66.6 Å². The molecule has 0 aromatic rings. The number of likely N-dealkylation sites (N-methyl/N-ethyl adjacent to an activating group) is 1. The first-order valence-electron chi connectivity index (χ1n) is 3.77. The Morgan fingerprint density at radius 1 is 1.73 bits per heavy atom. The van der Waals surface area contributed by atoms with Gasteiger partial charge in [0.1, 0.15) is 0 Å². The second-order valence-electron chi connectivity index (χ2n) is 3.13. The third-order valence-electron chi connectivity index (χ3n) is 2.15. The maximum absolute atomic E-state index is 10.7. The van der Waals surface area contributed by atoms with E-state index in [0.717, 1.165) is 6.54 Å². The van der Waals surface area contributed by atoms with Crippen LogP contribution in [0.1, 0.15) is 6.42 Å². The van der Waals surface area contributed by atoms with Crippen LogP contribution in [0.5, 0.6) is 0 Å². The number of rotatable bonds is 1. The maximum atomic E-state index is 10.7. The van der Waals surface area contributed by atoms with Gasteiger partial charge in [-0.25, -0.2) is 0 Å². The first kappa shape index (κ1) is 8.49. The van der Waals surface area contributed by atoms with Gasteiger partial charge in [-0.15, -0.1) is 0 Å². The number of nitrogens with two attached hydrogens (primary N) is 1. The molecule has 3 N–H and O–H groups in total. The molecule has 0 aliphatic carbocycles. The Kier molecular flexibility index (Phi) is 2.46. The first-order valence-corrected chi connectivity index (χ1v) is 3.77. The van der Waals surface area contributed by atoms with Crippen molar-refractivity contribution in [1.82, 2.24) is 4.90 Å². The van der Waals surface area contributed by atoms with E-state index in [9.17, 15) is 9.90 Å². The molecule has 0 bridgehead atoms. The molecule has 0 aromatic carbocycles. The zero-order valence-corrected chi connectivity index (χ0v) is 6.66. The summed E-state index contributed by atoms with van der Waals surface area (Å²) in [6.07, 6.45) is 0.0961. The molecule has 64 valence electrons. The van der Waals surface area contributed by atoms with Gasteiger partial charge in [0.15, 0.2) is 0 Å². The molecule has 0 spiro atoms. The summed E-state index contributed by atoms with van der Waals surface area (Å²) in [7, 11) is 1.92. The van der Waals surface area contributed by atoms with Crippen molar-refractivity contribution in [2.45, 2.75) is 12.5 Å². The lowest BCUT2D eigenvalue weighted by atomic mass is 9.94. The molecule has 1 rings (SSSR count). The van der Waals surface area contributed by atoms with Crippen LogP contribution in [0.2, 0.25) is 0 Å². The largest absolute Gasteiger partial charge is 0.391 e.